The third kappa shape index (κ3) is 9.16. The average molecular weight is 649 g/mol. The Morgan fingerprint density at radius 1 is 1.00 bits per heavy atom. The van der Waals surface area contributed by atoms with Crippen molar-refractivity contribution in [2.75, 3.05) is 26.2 Å². The van der Waals surface area contributed by atoms with Crippen LogP contribution in [0.4, 0.5) is 4.39 Å². The van der Waals surface area contributed by atoms with E-state index in [4.69, 9.17) is 23.2 Å². The lowest BCUT2D eigenvalue weighted by Crippen LogP contribution is -2.63. The van der Waals surface area contributed by atoms with Crippen LogP contribution in [-0.2, 0) is 27.2 Å². The van der Waals surface area contributed by atoms with Crippen LogP contribution in [0.3, 0.4) is 0 Å². The molecular weight excluding hydrogens is 604 g/mol. The molecule has 2 heterocycles. The van der Waals surface area contributed by atoms with Crippen LogP contribution in [0.1, 0.15) is 57.6 Å². The first-order valence-electron chi connectivity index (χ1n) is 15.6. The molecule has 4 unspecified atom stereocenters. The zero-order valence-electron chi connectivity index (χ0n) is 25.8. The van der Waals surface area contributed by atoms with Crippen molar-refractivity contribution in [3.63, 3.8) is 0 Å². The Morgan fingerprint density at radius 2 is 1.73 bits per heavy atom. The molecule has 4 rings (SSSR count). The highest BCUT2D eigenvalue weighted by atomic mass is 35.5. The van der Waals surface area contributed by atoms with Crippen molar-refractivity contribution in [1.29, 1.82) is 0 Å². The number of halogens is 3. The molecule has 2 aromatic carbocycles. The van der Waals surface area contributed by atoms with E-state index in [0.717, 1.165) is 43.4 Å². The lowest BCUT2D eigenvalue weighted by atomic mass is 9.97. The van der Waals surface area contributed by atoms with Gasteiger partial charge in [-0.3, -0.25) is 19.3 Å². The average Bonchev–Trinajstić information content (AvgIpc) is 3.53. The van der Waals surface area contributed by atoms with Crippen LogP contribution in [0.25, 0.3) is 0 Å². The fourth-order valence-electron chi connectivity index (χ4n) is 6.13. The summed E-state index contributed by atoms with van der Waals surface area (Å²) in [6.07, 6.45) is 3.92. The molecule has 0 radical (unpaired) electrons. The maximum atomic E-state index is 14.2. The van der Waals surface area contributed by atoms with E-state index in [1.165, 1.54) is 12.1 Å². The summed E-state index contributed by atoms with van der Waals surface area (Å²) < 4.78 is 13.6. The molecule has 0 bridgehead atoms. The summed E-state index contributed by atoms with van der Waals surface area (Å²) in [7, 11) is 0. The van der Waals surface area contributed by atoms with Crippen molar-refractivity contribution in [2.24, 2.45) is 0 Å². The smallest absolute Gasteiger partial charge is 0.245 e. The zero-order chi connectivity index (χ0) is 31.8. The standard InChI is InChI=1S/C33H44Cl2FN5O3/c1-4-6-25-20-40(30(32(43)38-21(2)3)19-23-10-13-26(34)27(35)17-23)15-16-41(25)33(44)29(18-22-8-11-24(36)12-9-22)39-31(42)28-7-5-14-37-28/h8-13,17,21,25,28-30,37H,4-7,14-16,18-20H2,1-3H3,(H,38,43)(H,39,42). The van der Waals surface area contributed by atoms with Gasteiger partial charge >= 0.3 is 0 Å². The van der Waals surface area contributed by atoms with Crippen LogP contribution in [-0.4, -0.2) is 83.9 Å². The molecule has 240 valence electrons. The molecule has 2 aromatic rings. The largest absolute Gasteiger partial charge is 0.353 e. The van der Waals surface area contributed by atoms with Gasteiger partial charge in [0.1, 0.15) is 11.9 Å². The minimum absolute atomic E-state index is 0.0294. The van der Waals surface area contributed by atoms with Crippen LogP contribution >= 0.6 is 23.2 Å². The fraction of sp³-hybridized carbons (Fsp3) is 0.545. The molecule has 11 heteroatoms. The predicted octanol–water partition coefficient (Wildman–Crippen LogP) is 4.36. The summed E-state index contributed by atoms with van der Waals surface area (Å²) in [6.45, 7) is 8.12. The van der Waals surface area contributed by atoms with Crippen LogP contribution in [0.5, 0.6) is 0 Å². The Labute approximate surface area is 270 Å². The number of benzene rings is 2. The minimum Gasteiger partial charge on any atom is -0.353 e. The van der Waals surface area contributed by atoms with Gasteiger partial charge in [-0.15, -0.1) is 0 Å². The summed E-state index contributed by atoms with van der Waals surface area (Å²) in [5, 5.41) is 10.2. The number of nitrogens with one attached hydrogen (secondary N) is 3. The Balaban J connectivity index is 1.55. The predicted molar refractivity (Wildman–Crippen MR) is 172 cm³/mol. The number of nitrogens with zero attached hydrogens (tertiary/aromatic N) is 2. The van der Waals surface area contributed by atoms with Gasteiger partial charge < -0.3 is 20.9 Å². The second-order valence-corrected chi connectivity index (χ2v) is 13.0. The summed E-state index contributed by atoms with van der Waals surface area (Å²) in [5.41, 5.74) is 1.67. The van der Waals surface area contributed by atoms with Gasteiger partial charge in [-0.1, -0.05) is 54.7 Å². The van der Waals surface area contributed by atoms with Gasteiger partial charge in [0.05, 0.1) is 22.1 Å². The molecule has 2 aliphatic rings. The number of piperazine rings is 1. The topological polar surface area (TPSA) is 93.8 Å². The number of carbonyl (C=O) groups excluding carboxylic acids is 3. The van der Waals surface area contributed by atoms with Crippen molar-refractivity contribution < 1.29 is 18.8 Å². The van der Waals surface area contributed by atoms with Crippen molar-refractivity contribution in [2.45, 2.75) is 89.5 Å². The first-order chi connectivity index (χ1) is 21.0. The van der Waals surface area contributed by atoms with E-state index in [0.29, 0.717) is 36.1 Å². The van der Waals surface area contributed by atoms with Gasteiger partial charge in [-0.2, -0.15) is 0 Å². The van der Waals surface area contributed by atoms with Crippen LogP contribution in [0, 0.1) is 5.82 Å². The molecule has 3 N–H and O–H groups in total. The highest BCUT2D eigenvalue weighted by molar-refractivity contribution is 6.42. The Bertz CT molecular complexity index is 1290. The van der Waals surface area contributed by atoms with E-state index in [1.807, 2.05) is 24.8 Å². The van der Waals surface area contributed by atoms with Gasteiger partial charge in [0.25, 0.3) is 0 Å². The first-order valence-corrected chi connectivity index (χ1v) is 16.4. The SMILES string of the molecule is CCCC1CN(C(Cc2ccc(Cl)c(Cl)c2)C(=O)NC(C)C)CCN1C(=O)C(Cc1ccc(F)cc1)NC(=O)C1CCCN1. The second kappa shape index (κ2) is 16.0. The lowest BCUT2D eigenvalue weighted by Gasteiger charge is -2.45. The van der Waals surface area contributed by atoms with Crippen molar-refractivity contribution in [1.82, 2.24) is 25.8 Å². The van der Waals surface area contributed by atoms with Crippen LogP contribution in [0.2, 0.25) is 10.0 Å². The third-order valence-corrected chi connectivity index (χ3v) is 9.09. The Kier molecular flexibility index (Phi) is 12.4. The third-order valence-electron chi connectivity index (χ3n) is 8.35. The maximum absolute atomic E-state index is 14.2. The molecule has 0 spiro atoms. The lowest BCUT2D eigenvalue weighted by molar-refractivity contribution is -0.142. The van der Waals surface area contributed by atoms with Gasteiger partial charge in [-0.25, -0.2) is 4.39 Å². The molecule has 0 aliphatic carbocycles. The second-order valence-electron chi connectivity index (χ2n) is 12.1. The zero-order valence-corrected chi connectivity index (χ0v) is 27.3. The number of hydrogen-bond acceptors (Lipinski definition) is 5. The summed E-state index contributed by atoms with van der Waals surface area (Å²) in [4.78, 5) is 44.9. The number of carbonyl (C=O) groups is 3. The molecule has 3 amide bonds. The Hall–Kier alpha value is -2.72. The normalized spacial score (nSPS) is 20.4. The van der Waals surface area contributed by atoms with Crippen molar-refractivity contribution in [3.8, 4) is 0 Å². The molecular formula is C33H44Cl2FN5O3. The number of amides is 3. The van der Waals surface area contributed by atoms with Gasteiger partial charge in [0.2, 0.25) is 17.7 Å². The monoisotopic (exact) mass is 647 g/mol. The van der Waals surface area contributed by atoms with E-state index in [-0.39, 0.29) is 48.1 Å². The molecule has 2 fully saturated rings. The first kappa shape index (κ1) is 34.2. The minimum atomic E-state index is -0.794. The van der Waals surface area contributed by atoms with Crippen molar-refractivity contribution in [3.05, 3.63) is 69.5 Å². The maximum Gasteiger partial charge on any atom is 0.245 e. The number of hydrogen-bond donors (Lipinski definition) is 3. The summed E-state index contributed by atoms with van der Waals surface area (Å²) in [6, 6.07) is 9.69. The van der Waals surface area contributed by atoms with E-state index in [1.54, 1.807) is 24.3 Å². The highest BCUT2D eigenvalue weighted by Crippen LogP contribution is 2.26. The Morgan fingerprint density at radius 3 is 2.36 bits per heavy atom. The molecule has 2 saturated heterocycles. The molecule has 4 atom stereocenters. The molecule has 0 saturated carbocycles. The van der Waals surface area contributed by atoms with E-state index in [2.05, 4.69) is 27.8 Å². The molecule has 44 heavy (non-hydrogen) atoms. The molecule has 2 aliphatic heterocycles. The van der Waals surface area contributed by atoms with Crippen molar-refractivity contribution >= 4 is 40.9 Å². The molecule has 0 aromatic heterocycles. The van der Waals surface area contributed by atoms with Crippen LogP contribution in [0.15, 0.2) is 42.5 Å². The van der Waals surface area contributed by atoms with Crippen LogP contribution < -0.4 is 16.0 Å². The highest BCUT2D eigenvalue weighted by Gasteiger charge is 2.39. The van der Waals surface area contributed by atoms with E-state index < -0.39 is 12.1 Å². The van der Waals surface area contributed by atoms with Gasteiger partial charge in [0, 0.05) is 38.1 Å². The van der Waals surface area contributed by atoms with Gasteiger partial charge in [-0.05, 0) is 81.5 Å². The van der Waals surface area contributed by atoms with E-state index >= 15 is 0 Å². The summed E-state index contributed by atoms with van der Waals surface area (Å²) in [5.74, 6) is -0.786. The number of rotatable bonds is 12. The fourth-order valence-corrected chi connectivity index (χ4v) is 6.45. The quantitative estimate of drug-likeness (QED) is 0.318. The summed E-state index contributed by atoms with van der Waals surface area (Å²) >= 11 is 12.4. The van der Waals surface area contributed by atoms with Gasteiger partial charge in [0.15, 0.2) is 0 Å². The van der Waals surface area contributed by atoms with E-state index in [9.17, 15) is 18.8 Å². The molecule has 8 nitrogen and oxygen atoms in total.